The van der Waals surface area contributed by atoms with Gasteiger partial charge in [0.2, 0.25) is 0 Å². The molecule has 1 aromatic heterocycles. The largest absolute Gasteiger partial charge is 0.346 e. The van der Waals surface area contributed by atoms with Crippen LogP contribution < -0.4 is 10.6 Å². The van der Waals surface area contributed by atoms with E-state index in [2.05, 4.69) is 45.1 Å². The maximum Gasteiger partial charge on any atom is 0.185 e. The second kappa shape index (κ2) is 7.02. The van der Waals surface area contributed by atoms with Crippen molar-refractivity contribution in [2.24, 2.45) is 5.73 Å². The molecule has 0 aliphatic carbocycles. The van der Waals surface area contributed by atoms with Crippen molar-refractivity contribution in [3.8, 4) is 0 Å². The molecule has 0 radical (unpaired) electrons. The zero-order valence-corrected chi connectivity index (χ0v) is 13.0. The van der Waals surface area contributed by atoms with E-state index in [0.29, 0.717) is 12.5 Å². The number of thiazole rings is 1. The van der Waals surface area contributed by atoms with Crippen molar-refractivity contribution >= 4 is 16.5 Å². The number of hydrogen-bond donors (Lipinski definition) is 1. The summed E-state index contributed by atoms with van der Waals surface area (Å²) >= 11 is 1.72. The standard InChI is InChI=1S/C16H22N4S/c17-12-15(14-4-2-1-3-5-14)13-19-7-9-20(10-8-19)16-18-6-11-21-16/h1-6,11,15H,7-10,12-13,17H2. The maximum absolute atomic E-state index is 5.98. The lowest BCUT2D eigenvalue weighted by atomic mass is 9.98. The van der Waals surface area contributed by atoms with Crippen LogP contribution >= 0.6 is 11.3 Å². The van der Waals surface area contributed by atoms with Gasteiger partial charge in [0.25, 0.3) is 0 Å². The van der Waals surface area contributed by atoms with Crippen molar-refractivity contribution in [2.45, 2.75) is 5.92 Å². The predicted molar refractivity (Wildman–Crippen MR) is 89.0 cm³/mol. The lowest BCUT2D eigenvalue weighted by molar-refractivity contribution is 0.243. The van der Waals surface area contributed by atoms with Gasteiger partial charge >= 0.3 is 0 Å². The van der Waals surface area contributed by atoms with Crippen LogP contribution in [0.5, 0.6) is 0 Å². The van der Waals surface area contributed by atoms with Gasteiger partial charge in [-0.3, -0.25) is 4.90 Å². The van der Waals surface area contributed by atoms with Gasteiger partial charge < -0.3 is 10.6 Å². The summed E-state index contributed by atoms with van der Waals surface area (Å²) in [5.74, 6) is 0.428. The van der Waals surface area contributed by atoms with E-state index in [-0.39, 0.29) is 0 Å². The fourth-order valence-corrected chi connectivity index (χ4v) is 3.54. The third-order valence-electron chi connectivity index (χ3n) is 4.10. The number of rotatable bonds is 5. The highest BCUT2D eigenvalue weighted by atomic mass is 32.1. The third kappa shape index (κ3) is 3.61. The maximum atomic E-state index is 5.98. The van der Waals surface area contributed by atoms with Crippen molar-refractivity contribution < 1.29 is 0 Å². The van der Waals surface area contributed by atoms with E-state index in [1.165, 1.54) is 5.56 Å². The first-order valence-corrected chi connectivity index (χ1v) is 8.36. The molecule has 112 valence electrons. The molecule has 1 aliphatic rings. The van der Waals surface area contributed by atoms with E-state index in [9.17, 15) is 0 Å². The fraction of sp³-hybridized carbons (Fsp3) is 0.438. The van der Waals surface area contributed by atoms with Gasteiger partial charge in [-0.15, -0.1) is 11.3 Å². The number of aromatic nitrogens is 1. The highest BCUT2D eigenvalue weighted by Crippen LogP contribution is 2.21. The lowest BCUT2D eigenvalue weighted by Crippen LogP contribution is -2.48. The zero-order chi connectivity index (χ0) is 14.5. The first-order chi connectivity index (χ1) is 10.4. The van der Waals surface area contributed by atoms with E-state index < -0.39 is 0 Å². The summed E-state index contributed by atoms with van der Waals surface area (Å²) in [6, 6.07) is 10.6. The van der Waals surface area contributed by atoms with Crippen molar-refractivity contribution in [3.05, 3.63) is 47.5 Å². The molecule has 1 aliphatic heterocycles. The van der Waals surface area contributed by atoms with Gasteiger partial charge in [0, 0.05) is 56.8 Å². The molecule has 2 N–H and O–H groups in total. The molecule has 0 amide bonds. The van der Waals surface area contributed by atoms with Crippen LogP contribution in [0.1, 0.15) is 11.5 Å². The van der Waals surface area contributed by atoms with Gasteiger partial charge in [0.15, 0.2) is 5.13 Å². The SMILES string of the molecule is NCC(CN1CCN(c2nccs2)CC1)c1ccccc1. The van der Waals surface area contributed by atoms with Gasteiger partial charge in [-0.25, -0.2) is 4.98 Å². The Labute approximate surface area is 130 Å². The number of nitrogens with zero attached hydrogens (tertiary/aromatic N) is 3. The molecule has 5 heteroatoms. The van der Waals surface area contributed by atoms with Crippen LogP contribution in [0.2, 0.25) is 0 Å². The number of nitrogens with two attached hydrogens (primary N) is 1. The highest BCUT2D eigenvalue weighted by Gasteiger charge is 2.21. The number of anilines is 1. The van der Waals surface area contributed by atoms with Crippen LogP contribution in [0.3, 0.4) is 0 Å². The molecular weight excluding hydrogens is 280 g/mol. The summed E-state index contributed by atoms with van der Waals surface area (Å²) in [7, 11) is 0. The van der Waals surface area contributed by atoms with Crippen molar-refractivity contribution in [2.75, 3.05) is 44.2 Å². The van der Waals surface area contributed by atoms with Crippen LogP contribution in [0.15, 0.2) is 41.9 Å². The van der Waals surface area contributed by atoms with Crippen LogP contribution in [-0.4, -0.2) is 49.2 Å². The Morgan fingerprint density at radius 2 is 1.90 bits per heavy atom. The average molecular weight is 302 g/mol. The summed E-state index contributed by atoms with van der Waals surface area (Å²) < 4.78 is 0. The second-order valence-electron chi connectivity index (χ2n) is 5.45. The van der Waals surface area contributed by atoms with Gasteiger partial charge in [-0.1, -0.05) is 30.3 Å². The Hall–Kier alpha value is -1.43. The molecule has 2 heterocycles. The third-order valence-corrected chi connectivity index (χ3v) is 4.93. The molecule has 1 fully saturated rings. The van der Waals surface area contributed by atoms with E-state index >= 15 is 0 Å². The summed E-state index contributed by atoms with van der Waals surface area (Å²) in [5, 5.41) is 3.19. The monoisotopic (exact) mass is 302 g/mol. The molecule has 1 aromatic carbocycles. The van der Waals surface area contributed by atoms with Crippen molar-refractivity contribution in [3.63, 3.8) is 0 Å². The number of hydrogen-bond acceptors (Lipinski definition) is 5. The molecular formula is C16H22N4S. The molecule has 1 atom stereocenters. The molecule has 21 heavy (non-hydrogen) atoms. The minimum atomic E-state index is 0.428. The first-order valence-electron chi connectivity index (χ1n) is 7.48. The molecule has 0 spiro atoms. The lowest BCUT2D eigenvalue weighted by Gasteiger charge is -2.36. The van der Waals surface area contributed by atoms with Gasteiger partial charge in [-0.2, -0.15) is 0 Å². The van der Waals surface area contributed by atoms with E-state index in [4.69, 9.17) is 5.73 Å². The minimum Gasteiger partial charge on any atom is -0.346 e. The Balaban J connectivity index is 1.55. The molecule has 0 bridgehead atoms. The van der Waals surface area contributed by atoms with Crippen molar-refractivity contribution in [1.29, 1.82) is 0 Å². The summed E-state index contributed by atoms with van der Waals surface area (Å²) in [4.78, 5) is 9.29. The molecule has 1 unspecified atom stereocenters. The van der Waals surface area contributed by atoms with Gasteiger partial charge in [0.1, 0.15) is 0 Å². The Morgan fingerprint density at radius 1 is 1.14 bits per heavy atom. The molecule has 0 saturated carbocycles. The predicted octanol–water partition coefficient (Wildman–Crippen LogP) is 2.01. The molecule has 1 saturated heterocycles. The summed E-state index contributed by atoms with van der Waals surface area (Å²) in [6.45, 7) is 6.04. The molecule has 4 nitrogen and oxygen atoms in total. The number of benzene rings is 1. The smallest absolute Gasteiger partial charge is 0.185 e. The Kier molecular flexibility index (Phi) is 4.85. The molecule has 2 aromatic rings. The van der Waals surface area contributed by atoms with Crippen LogP contribution in [-0.2, 0) is 0 Å². The van der Waals surface area contributed by atoms with Crippen LogP contribution in [0.25, 0.3) is 0 Å². The normalized spacial score (nSPS) is 17.9. The topological polar surface area (TPSA) is 45.4 Å². The van der Waals surface area contributed by atoms with Gasteiger partial charge in [0.05, 0.1) is 0 Å². The zero-order valence-electron chi connectivity index (χ0n) is 12.2. The average Bonchev–Trinajstić information content (AvgIpc) is 3.08. The quantitative estimate of drug-likeness (QED) is 0.918. The summed E-state index contributed by atoms with van der Waals surface area (Å²) in [5.41, 5.74) is 7.33. The van der Waals surface area contributed by atoms with Crippen LogP contribution in [0, 0.1) is 0 Å². The second-order valence-corrected chi connectivity index (χ2v) is 6.32. The van der Waals surface area contributed by atoms with Crippen LogP contribution in [0.4, 0.5) is 5.13 Å². The molecule has 3 rings (SSSR count). The van der Waals surface area contributed by atoms with Gasteiger partial charge in [-0.05, 0) is 5.56 Å². The fourth-order valence-electron chi connectivity index (χ4n) is 2.85. The van der Waals surface area contributed by atoms with E-state index in [1.54, 1.807) is 11.3 Å². The number of piperazine rings is 1. The Morgan fingerprint density at radius 3 is 2.52 bits per heavy atom. The van der Waals surface area contributed by atoms with Crippen molar-refractivity contribution in [1.82, 2.24) is 9.88 Å². The van der Waals surface area contributed by atoms with E-state index in [0.717, 1.165) is 37.9 Å². The Bertz CT molecular complexity index is 520. The van der Waals surface area contributed by atoms with E-state index in [1.807, 2.05) is 11.6 Å². The highest BCUT2D eigenvalue weighted by molar-refractivity contribution is 7.13. The minimum absolute atomic E-state index is 0.428. The first kappa shape index (κ1) is 14.5. The summed E-state index contributed by atoms with van der Waals surface area (Å²) in [6.07, 6.45) is 1.88.